The molecular formula is C16H32NO+. The van der Waals surface area contributed by atoms with Crippen LogP contribution < -0.4 is 0 Å². The zero-order chi connectivity index (χ0) is 13.2. The summed E-state index contributed by atoms with van der Waals surface area (Å²) < 4.78 is 2.46. The van der Waals surface area contributed by atoms with Crippen LogP contribution in [0, 0.1) is 5.92 Å². The summed E-state index contributed by atoms with van der Waals surface area (Å²) in [6.07, 6.45) is 13.3. The van der Waals surface area contributed by atoms with E-state index < -0.39 is 0 Å². The van der Waals surface area contributed by atoms with Crippen LogP contribution in [0.4, 0.5) is 0 Å². The largest absolute Gasteiger partial charge is 0.393 e. The van der Waals surface area contributed by atoms with Crippen LogP contribution in [-0.2, 0) is 0 Å². The van der Waals surface area contributed by atoms with Crippen LogP contribution in [0.3, 0.4) is 0 Å². The second kappa shape index (κ2) is 9.55. The lowest BCUT2D eigenvalue weighted by Gasteiger charge is -2.17. The fraction of sp³-hybridized carbons (Fsp3) is 0.938. The maximum atomic E-state index is 9.88. The average molecular weight is 254 g/mol. The lowest BCUT2D eigenvalue weighted by molar-refractivity contribution is -0.532. The van der Waals surface area contributed by atoms with Crippen LogP contribution in [0.1, 0.15) is 71.6 Å². The third kappa shape index (κ3) is 6.53. The Kier molecular flexibility index (Phi) is 8.32. The molecule has 1 rings (SSSR count). The zero-order valence-corrected chi connectivity index (χ0v) is 12.4. The van der Waals surface area contributed by atoms with Crippen molar-refractivity contribution in [1.82, 2.24) is 0 Å². The first kappa shape index (κ1) is 15.7. The molecule has 1 heterocycles. The molecule has 0 aromatic heterocycles. The molecule has 0 amide bonds. The summed E-state index contributed by atoms with van der Waals surface area (Å²) >= 11 is 0. The smallest absolute Gasteiger partial charge is 0.145 e. The summed E-state index contributed by atoms with van der Waals surface area (Å²) in [7, 11) is 0. The number of nitrogens with zero attached hydrogens (tertiary/aromatic N) is 1. The fourth-order valence-corrected chi connectivity index (χ4v) is 2.77. The molecule has 0 unspecified atom stereocenters. The van der Waals surface area contributed by atoms with Gasteiger partial charge in [0, 0.05) is 18.8 Å². The van der Waals surface area contributed by atoms with Crippen LogP contribution in [0.15, 0.2) is 0 Å². The normalized spacial score (nSPS) is 21.7. The number of unbranched alkanes of at least 4 members (excludes halogenated alkanes) is 2. The minimum absolute atomic E-state index is 0.0885. The van der Waals surface area contributed by atoms with Crippen LogP contribution in [-0.4, -0.2) is 35.1 Å². The van der Waals surface area contributed by atoms with Crippen molar-refractivity contribution in [3.05, 3.63) is 0 Å². The van der Waals surface area contributed by atoms with Crippen molar-refractivity contribution in [1.29, 1.82) is 0 Å². The molecule has 2 nitrogen and oxygen atoms in total. The maximum absolute atomic E-state index is 9.88. The number of rotatable bonds is 9. The van der Waals surface area contributed by atoms with Gasteiger partial charge in [-0.15, -0.1) is 0 Å². The third-order valence-electron chi connectivity index (χ3n) is 4.01. The van der Waals surface area contributed by atoms with E-state index in [1.807, 2.05) is 0 Å². The molecule has 0 fully saturated rings. The average Bonchev–Trinajstić information content (AvgIpc) is 2.41. The molecule has 2 atom stereocenters. The fourth-order valence-electron chi connectivity index (χ4n) is 2.77. The van der Waals surface area contributed by atoms with Crippen LogP contribution in [0.2, 0.25) is 0 Å². The highest BCUT2D eigenvalue weighted by Gasteiger charge is 2.19. The van der Waals surface area contributed by atoms with Gasteiger partial charge >= 0.3 is 0 Å². The Hall–Kier alpha value is -0.370. The second-order valence-corrected chi connectivity index (χ2v) is 5.81. The van der Waals surface area contributed by atoms with Gasteiger partial charge in [0.05, 0.1) is 6.10 Å². The number of aliphatic hydroxyl groups excluding tert-OH is 1. The first-order chi connectivity index (χ1) is 8.76. The Bertz CT molecular complexity index is 237. The van der Waals surface area contributed by atoms with Gasteiger partial charge in [-0.2, -0.15) is 0 Å². The van der Waals surface area contributed by atoms with Crippen LogP contribution in [0.5, 0.6) is 0 Å². The zero-order valence-electron chi connectivity index (χ0n) is 12.4. The van der Waals surface area contributed by atoms with Crippen LogP contribution in [0.25, 0.3) is 0 Å². The Morgan fingerprint density at radius 3 is 2.72 bits per heavy atom. The molecule has 18 heavy (non-hydrogen) atoms. The van der Waals surface area contributed by atoms with Crippen LogP contribution >= 0.6 is 0 Å². The van der Waals surface area contributed by atoms with E-state index in [1.54, 1.807) is 0 Å². The van der Waals surface area contributed by atoms with E-state index in [2.05, 4.69) is 24.6 Å². The molecule has 1 aliphatic rings. The molecule has 0 saturated heterocycles. The van der Waals surface area contributed by atoms with Gasteiger partial charge in [-0.1, -0.05) is 39.5 Å². The molecule has 0 bridgehead atoms. The first-order valence-electron chi connectivity index (χ1n) is 8.03. The van der Waals surface area contributed by atoms with E-state index in [0.717, 1.165) is 31.7 Å². The molecule has 106 valence electrons. The maximum Gasteiger partial charge on any atom is 0.145 e. The van der Waals surface area contributed by atoms with Gasteiger partial charge in [0.15, 0.2) is 0 Å². The van der Waals surface area contributed by atoms with E-state index in [1.165, 1.54) is 45.1 Å². The van der Waals surface area contributed by atoms with Crippen molar-refractivity contribution in [2.24, 2.45) is 5.92 Å². The monoisotopic (exact) mass is 254 g/mol. The van der Waals surface area contributed by atoms with E-state index in [4.69, 9.17) is 0 Å². The Morgan fingerprint density at radius 1 is 1.22 bits per heavy atom. The summed E-state index contributed by atoms with van der Waals surface area (Å²) in [4.78, 5) is 0. The summed E-state index contributed by atoms with van der Waals surface area (Å²) in [6.45, 7) is 6.70. The molecule has 1 N–H and O–H groups in total. The number of aliphatic hydroxyl groups is 1. The molecule has 0 spiro atoms. The Balaban J connectivity index is 2.25. The third-order valence-corrected chi connectivity index (χ3v) is 4.01. The highest BCUT2D eigenvalue weighted by Crippen LogP contribution is 2.16. The van der Waals surface area contributed by atoms with E-state index >= 15 is 0 Å². The molecule has 0 radical (unpaired) electrons. The van der Waals surface area contributed by atoms with Crippen molar-refractivity contribution in [3.63, 3.8) is 0 Å². The standard InChI is InChI=1S/C16H32NO/c1-3-5-8-15-9-7-12-17(14-15)13-11-16(18)10-6-4-2/h14-16,18H,3-13H2,1-2H3/q+1/t15-,16-/m0/s1. The highest BCUT2D eigenvalue weighted by atomic mass is 16.3. The summed E-state index contributed by atoms with van der Waals surface area (Å²) in [6, 6.07) is 0. The van der Waals surface area contributed by atoms with Gasteiger partial charge in [-0.3, -0.25) is 0 Å². The first-order valence-corrected chi connectivity index (χ1v) is 8.03. The van der Waals surface area contributed by atoms with Gasteiger partial charge in [-0.05, 0) is 19.3 Å². The molecular weight excluding hydrogens is 222 g/mol. The van der Waals surface area contributed by atoms with Gasteiger partial charge in [-0.25, -0.2) is 4.58 Å². The lowest BCUT2D eigenvalue weighted by Crippen LogP contribution is -2.27. The van der Waals surface area contributed by atoms with Gasteiger partial charge < -0.3 is 5.11 Å². The summed E-state index contributed by atoms with van der Waals surface area (Å²) in [5, 5.41) is 9.88. The molecule has 0 aromatic carbocycles. The van der Waals surface area contributed by atoms with E-state index in [0.29, 0.717) is 0 Å². The molecule has 0 aromatic rings. The van der Waals surface area contributed by atoms with Crippen molar-refractivity contribution < 1.29 is 9.68 Å². The molecule has 0 saturated carbocycles. The number of hydrogen-bond donors (Lipinski definition) is 1. The second-order valence-electron chi connectivity index (χ2n) is 5.81. The predicted molar refractivity (Wildman–Crippen MR) is 78.5 cm³/mol. The van der Waals surface area contributed by atoms with Crippen molar-refractivity contribution in [2.75, 3.05) is 13.1 Å². The van der Waals surface area contributed by atoms with Gasteiger partial charge in [0.25, 0.3) is 0 Å². The van der Waals surface area contributed by atoms with E-state index in [-0.39, 0.29) is 6.10 Å². The van der Waals surface area contributed by atoms with Crippen molar-refractivity contribution in [3.8, 4) is 0 Å². The van der Waals surface area contributed by atoms with Crippen molar-refractivity contribution in [2.45, 2.75) is 77.7 Å². The number of hydrogen-bond acceptors (Lipinski definition) is 1. The van der Waals surface area contributed by atoms with Gasteiger partial charge in [0.1, 0.15) is 19.3 Å². The molecule has 1 aliphatic heterocycles. The Labute approximate surface area is 113 Å². The SMILES string of the molecule is CCCC[C@H](O)CC[N+]1=C[C@@H](CCCC)CCC1. The topological polar surface area (TPSA) is 23.2 Å². The van der Waals surface area contributed by atoms with Crippen molar-refractivity contribution >= 4 is 6.21 Å². The molecule has 0 aliphatic carbocycles. The van der Waals surface area contributed by atoms with Gasteiger partial charge in [0.2, 0.25) is 0 Å². The lowest BCUT2D eigenvalue weighted by atomic mass is 9.95. The highest BCUT2D eigenvalue weighted by molar-refractivity contribution is 5.55. The quantitative estimate of drug-likeness (QED) is 0.624. The molecule has 2 heteroatoms. The minimum Gasteiger partial charge on any atom is -0.393 e. The minimum atomic E-state index is -0.0885. The predicted octanol–water partition coefficient (Wildman–Crippen LogP) is 3.61. The Morgan fingerprint density at radius 2 is 2.00 bits per heavy atom. The summed E-state index contributed by atoms with van der Waals surface area (Å²) in [5.74, 6) is 0.798. The summed E-state index contributed by atoms with van der Waals surface area (Å²) in [5.41, 5.74) is 0. The van der Waals surface area contributed by atoms with E-state index in [9.17, 15) is 5.11 Å².